The Morgan fingerprint density at radius 2 is 2.17 bits per heavy atom. The number of rotatable bonds is 3. The standard InChI is InChI=1S/C13H9BrFN3/c14-10-1-2-12(15)13(6-10)18-8-9-3-4-17-11(5-9)7-16/h1-6,18H,8H2. The van der Waals surface area contributed by atoms with Crippen LogP contribution in [0.5, 0.6) is 0 Å². The Morgan fingerprint density at radius 3 is 2.94 bits per heavy atom. The third-order valence-electron chi connectivity index (χ3n) is 2.35. The summed E-state index contributed by atoms with van der Waals surface area (Å²) in [6, 6.07) is 10.1. The Bertz CT molecular complexity index is 607. The molecule has 1 aromatic heterocycles. The van der Waals surface area contributed by atoms with Crippen molar-refractivity contribution >= 4 is 21.6 Å². The van der Waals surface area contributed by atoms with Crippen LogP contribution in [-0.2, 0) is 6.54 Å². The maximum atomic E-state index is 13.5. The van der Waals surface area contributed by atoms with E-state index in [2.05, 4.69) is 26.2 Å². The Hall–Kier alpha value is -1.93. The number of anilines is 1. The van der Waals surface area contributed by atoms with Crippen molar-refractivity contribution in [3.63, 3.8) is 0 Å². The van der Waals surface area contributed by atoms with E-state index in [1.54, 1.807) is 30.5 Å². The van der Waals surface area contributed by atoms with E-state index < -0.39 is 0 Å². The highest BCUT2D eigenvalue weighted by atomic mass is 79.9. The van der Waals surface area contributed by atoms with Crippen molar-refractivity contribution in [1.29, 1.82) is 5.26 Å². The molecule has 0 radical (unpaired) electrons. The average molecular weight is 306 g/mol. The van der Waals surface area contributed by atoms with Gasteiger partial charge in [-0.3, -0.25) is 0 Å². The summed E-state index contributed by atoms with van der Waals surface area (Å²) < 4.78 is 14.3. The van der Waals surface area contributed by atoms with Crippen LogP contribution in [0.2, 0.25) is 0 Å². The molecule has 0 unspecified atom stereocenters. The summed E-state index contributed by atoms with van der Waals surface area (Å²) in [5.74, 6) is -0.312. The second-order valence-corrected chi connectivity index (χ2v) is 4.55. The highest BCUT2D eigenvalue weighted by Crippen LogP contribution is 2.20. The third kappa shape index (κ3) is 3.05. The van der Waals surface area contributed by atoms with Crippen molar-refractivity contribution in [3.8, 4) is 6.07 Å². The molecular formula is C13H9BrFN3. The summed E-state index contributed by atoms with van der Waals surface area (Å²) in [5.41, 5.74) is 1.64. The molecule has 3 nitrogen and oxygen atoms in total. The zero-order chi connectivity index (χ0) is 13.0. The molecule has 1 heterocycles. The van der Waals surface area contributed by atoms with E-state index in [0.29, 0.717) is 17.9 Å². The first kappa shape index (κ1) is 12.5. The van der Waals surface area contributed by atoms with Crippen molar-refractivity contribution < 1.29 is 4.39 Å². The van der Waals surface area contributed by atoms with E-state index in [4.69, 9.17) is 5.26 Å². The number of nitrogens with one attached hydrogen (secondary N) is 1. The molecule has 0 amide bonds. The molecule has 0 aliphatic heterocycles. The number of aromatic nitrogens is 1. The Balaban J connectivity index is 2.11. The Kier molecular flexibility index (Phi) is 3.90. The lowest BCUT2D eigenvalue weighted by molar-refractivity contribution is 0.630. The molecule has 0 aliphatic rings. The molecule has 18 heavy (non-hydrogen) atoms. The minimum atomic E-state index is -0.312. The second kappa shape index (κ2) is 5.61. The van der Waals surface area contributed by atoms with Crippen LogP contribution in [-0.4, -0.2) is 4.98 Å². The molecule has 2 rings (SSSR count). The lowest BCUT2D eigenvalue weighted by Gasteiger charge is -2.08. The van der Waals surface area contributed by atoms with Crippen molar-refractivity contribution in [1.82, 2.24) is 4.98 Å². The van der Waals surface area contributed by atoms with Gasteiger partial charge >= 0.3 is 0 Å². The number of halogens is 2. The van der Waals surface area contributed by atoms with Crippen molar-refractivity contribution in [2.45, 2.75) is 6.54 Å². The van der Waals surface area contributed by atoms with Gasteiger partial charge in [0.1, 0.15) is 17.6 Å². The van der Waals surface area contributed by atoms with Gasteiger partial charge in [-0.15, -0.1) is 0 Å². The highest BCUT2D eigenvalue weighted by Gasteiger charge is 2.03. The van der Waals surface area contributed by atoms with Crippen LogP contribution < -0.4 is 5.32 Å². The normalized spacial score (nSPS) is 9.83. The fourth-order valence-corrected chi connectivity index (χ4v) is 1.84. The van der Waals surface area contributed by atoms with E-state index in [1.165, 1.54) is 6.07 Å². The molecule has 0 spiro atoms. The van der Waals surface area contributed by atoms with Crippen LogP contribution in [0.4, 0.5) is 10.1 Å². The lowest BCUT2D eigenvalue weighted by atomic mass is 10.2. The maximum Gasteiger partial charge on any atom is 0.146 e. The monoisotopic (exact) mass is 305 g/mol. The van der Waals surface area contributed by atoms with E-state index in [9.17, 15) is 4.39 Å². The molecule has 0 saturated heterocycles. The number of hydrogen-bond donors (Lipinski definition) is 1. The fourth-order valence-electron chi connectivity index (χ4n) is 1.48. The fraction of sp³-hybridized carbons (Fsp3) is 0.0769. The minimum Gasteiger partial charge on any atom is -0.379 e. The first-order valence-electron chi connectivity index (χ1n) is 5.23. The molecule has 90 valence electrons. The summed E-state index contributed by atoms with van der Waals surface area (Å²) in [6.07, 6.45) is 1.56. The highest BCUT2D eigenvalue weighted by molar-refractivity contribution is 9.10. The predicted molar refractivity (Wildman–Crippen MR) is 70.4 cm³/mol. The van der Waals surface area contributed by atoms with Gasteiger partial charge in [-0.1, -0.05) is 15.9 Å². The summed E-state index contributed by atoms with van der Waals surface area (Å²) in [7, 11) is 0. The number of benzene rings is 1. The summed E-state index contributed by atoms with van der Waals surface area (Å²) >= 11 is 3.29. The minimum absolute atomic E-state index is 0.312. The molecule has 0 saturated carbocycles. The summed E-state index contributed by atoms with van der Waals surface area (Å²) in [6.45, 7) is 0.435. The zero-order valence-electron chi connectivity index (χ0n) is 9.32. The molecule has 1 N–H and O–H groups in total. The molecule has 0 fully saturated rings. The first-order chi connectivity index (χ1) is 8.69. The van der Waals surface area contributed by atoms with Gasteiger partial charge in [0.2, 0.25) is 0 Å². The van der Waals surface area contributed by atoms with Gasteiger partial charge in [-0.2, -0.15) is 5.26 Å². The lowest BCUT2D eigenvalue weighted by Crippen LogP contribution is -2.02. The van der Waals surface area contributed by atoms with Crippen molar-refractivity contribution in [3.05, 3.63) is 58.1 Å². The number of pyridine rings is 1. The molecule has 0 atom stereocenters. The molecule has 0 bridgehead atoms. The van der Waals surface area contributed by atoms with E-state index in [1.807, 2.05) is 6.07 Å². The number of hydrogen-bond acceptors (Lipinski definition) is 3. The molecule has 5 heteroatoms. The molecule has 1 aromatic carbocycles. The van der Waals surface area contributed by atoms with Gasteiger partial charge in [0.25, 0.3) is 0 Å². The van der Waals surface area contributed by atoms with Gasteiger partial charge in [-0.25, -0.2) is 9.37 Å². The van der Waals surface area contributed by atoms with Gasteiger partial charge in [-0.05, 0) is 35.9 Å². The van der Waals surface area contributed by atoms with Gasteiger partial charge in [0, 0.05) is 17.2 Å². The average Bonchev–Trinajstić information content (AvgIpc) is 2.40. The zero-order valence-corrected chi connectivity index (χ0v) is 10.9. The van der Waals surface area contributed by atoms with Crippen LogP contribution in [0.3, 0.4) is 0 Å². The molecule has 2 aromatic rings. The van der Waals surface area contributed by atoms with E-state index in [0.717, 1.165) is 10.0 Å². The topological polar surface area (TPSA) is 48.7 Å². The SMILES string of the molecule is N#Cc1cc(CNc2cc(Br)ccc2F)ccn1. The van der Waals surface area contributed by atoms with Crippen molar-refractivity contribution in [2.75, 3.05) is 5.32 Å². The largest absolute Gasteiger partial charge is 0.379 e. The Morgan fingerprint density at radius 1 is 1.33 bits per heavy atom. The number of nitriles is 1. The molecule has 0 aliphatic carbocycles. The molecular weight excluding hydrogens is 297 g/mol. The summed E-state index contributed by atoms with van der Waals surface area (Å²) in [4.78, 5) is 3.87. The Labute approximate surface area is 112 Å². The predicted octanol–water partition coefficient (Wildman–Crippen LogP) is 3.47. The smallest absolute Gasteiger partial charge is 0.146 e. The van der Waals surface area contributed by atoms with E-state index in [-0.39, 0.29) is 5.82 Å². The first-order valence-corrected chi connectivity index (χ1v) is 6.02. The summed E-state index contributed by atoms with van der Waals surface area (Å²) in [5, 5.41) is 11.7. The van der Waals surface area contributed by atoms with Crippen LogP contribution in [0.15, 0.2) is 41.0 Å². The second-order valence-electron chi connectivity index (χ2n) is 3.64. The quantitative estimate of drug-likeness (QED) is 0.944. The number of nitrogens with zero attached hydrogens (tertiary/aromatic N) is 2. The van der Waals surface area contributed by atoms with Crippen LogP contribution in [0, 0.1) is 17.1 Å². The maximum absolute atomic E-state index is 13.5. The van der Waals surface area contributed by atoms with Gasteiger partial charge < -0.3 is 5.32 Å². The van der Waals surface area contributed by atoms with E-state index >= 15 is 0 Å². The van der Waals surface area contributed by atoms with Gasteiger partial charge in [0.15, 0.2) is 0 Å². The van der Waals surface area contributed by atoms with Crippen molar-refractivity contribution in [2.24, 2.45) is 0 Å². The van der Waals surface area contributed by atoms with Crippen LogP contribution >= 0.6 is 15.9 Å². The third-order valence-corrected chi connectivity index (χ3v) is 2.84. The van der Waals surface area contributed by atoms with Crippen LogP contribution in [0.1, 0.15) is 11.3 Å². The van der Waals surface area contributed by atoms with Gasteiger partial charge in [0.05, 0.1) is 5.69 Å². The van der Waals surface area contributed by atoms with Crippen LogP contribution in [0.25, 0.3) is 0 Å².